The van der Waals surface area contributed by atoms with E-state index >= 15 is 9.59 Å². The van der Waals surface area contributed by atoms with Gasteiger partial charge in [0.2, 0.25) is 17.7 Å². The molecule has 3 heterocycles. The number of amides is 3. The molecule has 10 heteroatoms. The summed E-state index contributed by atoms with van der Waals surface area (Å²) in [5.41, 5.74) is 1.67. The average molecular weight is 751 g/mol. The first kappa shape index (κ1) is 35.7. The van der Waals surface area contributed by atoms with Crippen LogP contribution in [-0.4, -0.2) is 91.9 Å². The molecule has 1 N–H and O–H groups in total. The molecular weight excluding hydrogens is 702 g/mol. The minimum Gasteiger partial charge on any atom is -0.494 e. The van der Waals surface area contributed by atoms with Crippen molar-refractivity contribution in [3.8, 4) is 5.75 Å². The molecule has 262 valence electrons. The summed E-state index contributed by atoms with van der Waals surface area (Å²) in [7, 11) is 0. The Balaban J connectivity index is 1.42. The number of aliphatic hydroxyl groups is 1. The summed E-state index contributed by atoms with van der Waals surface area (Å²) in [5.74, 6) is -1.13. The van der Waals surface area contributed by atoms with E-state index in [0.29, 0.717) is 37.4 Å². The molecule has 3 aliphatic heterocycles. The van der Waals surface area contributed by atoms with Gasteiger partial charge in [0.15, 0.2) is 0 Å². The first-order chi connectivity index (χ1) is 23.8. The maximum Gasteiger partial charge on any atom is 0.247 e. The highest BCUT2D eigenvalue weighted by molar-refractivity contribution is 9.09. The number of likely N-dealkylation sites (tertiary alicyclic amines) is 1. The number of ether oxygens (including phenoxy) is 1. The van der Waals surface area contributed by atoms with E-state index in [1.54, 1.807) is 33.7 Å². The number of aliphatic hydroxyl groups excluding tert-OH is 1. The highest BCUT2D eigenvalue weighted by Gasteiger charge is 2.76. The van der Waals surface area contributed by atoms with Gasteiger partial charge in [0.05, 0.1) is 35.8 Å². The molecule has 1 aliphatic carbocycles. The third-order valence-electron chi connectivity index (χ3n) is 10.8. The van der Waals surface area contributed by atoms with Gasteiger partial charge in [-0.15, -0.1) is 24.9 Å². The summed E-state index contributed by atoms with van der Waals surface area (Å²) in [6.45, 7) is 10.8. The van der Waals surface area contributed by atoms with Gasteiger partial charge in [-0.2, -0.15) is 0 Å². The van der Waals surface area contributed by atoms with Crippen molar-refractivity contribution in [2.45, 2.75) is 84.8 Å². The Bertz CT molecular complexity index is 1520. The molecule has 2 bridgehead atoms. The predicted molar refractivity (Wildman–Crippen MR) is 199 cm³/mol. The lowest BCUT2D eigenvalue weighted by Gasteiger charge is -2.43. The quantitative estimate of drug-likeness (QED) is 0.188. The summed E-state index contributed by atoms with van der Waals surface area (Å²) >= 11 is 5.56. The number of anilines is 1. The van der Waals surface area contributed by atoms with Crippen molar-refractivity contribution in [2.75, 3.05) is 31.2 Å². The first-order valence-electron chi connectivity index (χ1n) is 17.6. The van der Waals surface area contributed by atoms with Gasteiger partial charge in [0.25, 0.3) is 0 Å². The second kappa shape index (κ2) is 15.4. The molecule has 0 aromatic heterocycles. The molecule has 3 unspecified atom stereocenters. The van der Waals surface area contributed by atoms with Crippen molar-refractivity contribution in [1.29, 1.82) is 0 Å². The van der Waals surface area contributed by atoms with Crippen LogP contribution in [0.1, 0.15) is 51.0 Å². The molecule has 4 fully saturated rings. The second-order valence-corrected chi connectivity index (χ2v) is 16.4. The van der Waals surface area contributed by atoms with Crippen LogP contribution in [0.25, 0.3) is 0 Å². The summed E-state index contributed by atoms with van der Waals surface area (Å²) in [6.07, 6.45) is 9.56. The van der Waals surface area contributed by atoms with Crippen LogP contribution >= 0.6 is 27.7 Å². The SMILES string of the molecule is C=CCN(C(=O)[C@H]1[C@@H]2SC3(CC2Br)C(C(=O)N(CC=C)C2CCCCC2)N([C@@H](CO)Cc2ccccc2)C(=O)[C@H]13)c1ccc(OCC)cc1. The summed E-state index contributed by atoms with van der Waals surface area (Å²) in [6, 6.07) is 15.8. The number of rotatable bonds is 14. The average Bonchev–Trinajstić information content (AvgIpc) is 3.72. The number of hydrogen-bond donors (Lipinski definition) is 1. The largest absolute Gasteiger partial charge is 0.494 e. The summed E-state index contributed by atoms with van der Waals surface area (Å²) in [4.78, 5) is 50.4. The fraction of sp³-hybridized carbons (Fsp3) is 0.513. The lowest BCUT2D eigenvalue weighted by Crippen LogP contribution is -2.60. The Morgan fingerprint density at radius 3 is 2.39 bits per heavy atom. The Hall–Kier alpha value is -3.08. The number of carbonyl (C=O) groups excluding carboxylic acids is 3. The van der Waals surface area contributed by atoms with E-state index < -0.39 is 28.7 Å². The number of benzene rings is 2. The van der Waals surface area contributed by atoms with E-state index in [4.69, 9.17) is 4.74 Å². The van der Waals surface area contributed by atoms with Crippen LogP contribution < -0.4 is 9.64 Å². The van der Waals surface area contributed by atoms with Crippen LogP contribution in [0.4, 0.5) is 5.69 Å². The van der Waals surface area contributed by atoms with E-state index in [1.807, 2.05) is 66.4 Å². The third kappa shape index (κ3) is 6.61. The van der Waals surface area contributed by atoms with Gasteiger partial charge in [0.1, 0.15) is 11.8 Å². The van der Waals surface area contributed by atoms with E-state index in [0.717, 1.165) is 37.7 Å². The van der Waals surface area contributed by atoms with Crippen molar-refractivity contribution >= 4 is 51.1 Å². The van der Waals surface area contributed by atoms with Crippen LogP contribution in [0.2, 0.25) is 0 Å². The van der Waals surface area contributed by atoms with Crippen LogP contribution in [0.5, 0.6) is 5.75 Å². The molecule has 2 aromatic rings. The number of thioether (sulfide) groups is 1. The Labute approximate surface area is 303 Å². The molecule has 8 nitrogen and oxygen atoms in total. The molecule has 7 atom stereocenters. The highest BCUT2D eigenvalue weighted by Crippen LogP contribution is 2.68. The third-order valence-corrected chi connectivity index (χ3v) is 14.0. The second-order valence-electron chi connectivity index (χ2n) is 13.7. The monoisotopic (exact) mass is 749 g/mol. The predicted octanol–water partition coefficient (Wildman–Crippen LogP) is 6.02. The molecule has 6 rings (SSSR count). The van der Waals surface area contributed by atoms with Gasteiger partial charge in [-0.05, 0) is 62.4 Å². The summed E-state index contributed by atoms with van der Waals surface area (Å²) in [5, 5.41) is 10.7. The number of halogens is 1. The van der Waals surface area contributed by atoms with Gasteiger partial charge < -0.3 is 24.5 Å². The number of nitrogens with zero attached hydrogens (tertiary/aromatic N) is 3. The minimum absolute atomic E-state index is 0.0666. The van der Waals surface area contributed by atoms with Crippen molar-refractivity contribution in [1.82, 2.24) is 9.80 Å². The Morgan fingerprint density at radius 1 is 1.06 bits per heavy atom. The zero-order chi connectivity index (χ0) is 34.7. The van der Waals surface area contributed by atoms with Gasteiger partial charge in [-0.3, -0.25) is 14.4 Å². The molecule has 49 heavy (non-hydrogen) atoms. The molecule has 4 aliphatic rings. The summed E-state index contributed by atoms with van der Waals surface area (Å²) < 4.78 is 4.81. The van der Waals surface area contributed by atoms with Gasteiger partial charge in [-0.25, -0.2) is 0 Å². The zero-order valence-electron chi connectivity index (χ0n) is 28.3. The van der Waals surface area contributed by atoms with Crippen LogP contribution in [0, 0.1) is 11.8 Å². The highest BCUT2D eigenvalue weighted by atomic mass is 79.9. The Kier molecular flexibility index (Phi) is 11.3. The minimum atomic E-state index is -0.829. The first-order valence-corrected chi connectivity index (χ1v) is 19.4. The van der Waals surface area contributed by atoms with Gasteiger partial charge in [-0.1, -0.05) is 77.7 Å². The van der Waals surface area contributed by atoms with E-state index in [2.05, 4.69) is 29.1 Å². The van der Waals surface area contributed by atoms with Crippen LogP contribution in [-0.2, 0) is 20.8 Å². The molecule has 1 saturated carbocycles. The molecule has 0 radical (unpaired) electrons. The zero-order valence-corrected chi connectivity index (χ0v) is 30.7. The molecule has 3 saturated heterocycles. The van der Waals surface area contributed by atoms with E-state index in [-0.39, 0.29) is 47.0 Å². The number of carbonyl (C=O) groups is 3. The lowest BCUT2D eigenvalue weighted by molar-refractivity contribution is -0.147. The molecule has 2 aromatic carbocycles. The van der Waals surface area contributed by atoms with Crippen molar-refractivity contribution in [3.05, 3.63) is 85.5 Å². The maximum atomic E-state index is 15.2. The molecule has 1 spiro atoms. The number of alkyl halides is 1. The lowest BCUT2D eigenvalue weighted by atomic mass is 9.70. The van der Waals surface area contributed by atoms with E-state index in [9.17, 15) is 9.90 Å². The fourth-order valence-electron chi connectivity index (χ4n) is 8.79. The van der Waals surface area contributed by atoms with Crippen molar-refractivity contribution < 1.29 is 24.2 Å². The number of fused-ring (bicyclic) bond motifs is 1. The fourth-order valence-corrected chi connectivity index (χ4v) is 12.4. The van der Waals surface area contributed by atoms with Crippen LogP contribution in [0.15, 0.2) is 79.9 Å². The van der Waals surface area contributed by atoms with E-state index in [1.165, 1.54) is 0 Å². The topological polar surface area (TPSA) is 90.4 Å². The van der Waals surface area contributed by atoms with Gasteiger partial charge >= 0.3 is 0 Å². The van der Waals surface area contributed by atoms with Crippen molar-refractivity contribution in [2.24, 2.45) is 11.8 Å². The molecule has 3 amide bonds. The van der Waals surface area contributed by atoms with Crippen molar-refractivity contribution in [3.63, 3.8) is 0 Å². The Morgan fingerprint density at radius 2 is 1.76 bits per heavy atom. The number of hydrogen-bond acceptors (Lipinski definition) is 6. The maximum absolute atomic E-state index is 15.2. The molecular formula is C39H48BrN3O5S. The van der Waals surface area contributed by atoms with Gasteiger partial charge in [0, 0.05) is 34.9 Å². The van der Waals surface area contributed by atoms with Crippen LogP contribution in [0.3, 0.4) is 0 Å². The normalized spacial score (nSPS) is 28.2. The standard InChI is InChI=1S/C39H48BrN3O5S/c1-4-21-41(28-17-19-30(20-18-28)48-6-3)36(45)32-33-37(46)43(29(25-44)23-26-13-9-7-10-14-26)35(39(33)24-31(40)34(32)49-39)38(47)42(22-5-2)27-15-11-8-12-16-27/h4-5,7,9-10,13-14,17-20,27,29,31-35,44H,1-2,6,8,11-12,15-16,21-25H2,3H3/t29-,31?,32-,33+,34-,35?,39?/m1/s1. The smallest absolute Gasteiger partial charge is 0.247 e.